The van der Waals surface area contributed by atoms with E-state index >= 15 is 0 Å². The number of fused-ring (bicyclic) bond motifs is 1. The second-order valence-electron chi connectivity index (χ2n) is 9.42. The van der Waals surface area contributed by atoms with Gasteiger partial charge in [-0.15, -0.1) is 0 Å². The van der Waals surface area contributed by atoms with Crippen LogP contribution in [-0.4, -0.2) is 37.3 Å². The molecule has 5 rings (SSSR count). The first-order valence-electron chi connectivity index (χ1n) is 12.3. The van der Waals surface area contributed by atoms with Gasteiger partial charge in [-0.2, -0.15) is 0 Å². The van der Waals surface area contributed by atoms with Crippen LogP contribution in [0.15, 0.2) is 78.9 Å². The van der Waals surface area contributed by atoms with E-state index in [-0.39, 0.29) is 40.9 Å². The van der Waals surface area contributed by atoms with Crippen LogP contribution < -0.4 is 9.64 Å². The highest BCUT2D eigenvalue weighted by molar-refractivity contribution is 6.22. The second kappa shape index (κ2) is 10.4. The normalized spacial score (nSPS) is 20.9. The average Bonchev–Trinajstić information content (AvgIpc) is 3.20. The number of benzene rings is 3. The fourth-order valence-electron chi connectivity index (χ4n) is 5.31. The van der Waals surface area contributed by atoms with Gasteiger partial charge in [0.25, 0.3) is 0 Å². The third-order valence-electron chi connectivity index (χ3n) is 7.28. The number of rotatable bonds is 7. The number of amides is 2. The molecule has 7 heteroatoms. The lowest BCUT2D eigenvalue weighted by Crippen LogP contribution is -2.31. The Morgan fingerprint density at radius 3 is 2.30 bits per heavy atom. The fourth-order valence-corrected chi connectivity index (χ4v) is 5.31. The molecule has 37 heavy (non-hydrogen) atoms. The van der Waals surface area contributed by atoms with E-state index in [0.717, 1.165) is 6.42 Å². The van der Waals surface area contributed by atoms with Crippen molar-refractivity contribution in [3.8, 4) is 5.75 Å². The number of Topliss-reactive ketones (excluding diaryl/α,β-unsaturated/α-hetero) is 1. The first-order valence-corrected chi connectivity index (χ1v) is 12.3. The second-order valence-corrected chi connectivity index (χ2v) is 9.42. The van der Waals surface area contributed by atoms with Gasteiger partial charge < -0.3 is 9.47 Å². The van der Waals surface area contributed by atoms with Crippen molar-refractivity contribution < 1.29 is 28.7 Å². The fraction of sp³-hybridized carbons (Fsp3) is 0.267. The molecule has 1 saturated carbocycles. The summed E-state index contributed by atoms with van der Waals surface area (Å²) in [5.74, 6) is -1.36. The van der Waals surface area contributed by atoms with E-state index in [0.29, 0.717) is 29.8 Å². The molecule has 2 amide bonds. The van der Waals surface area contributed by atoms with E-state index in [1.165, 1.54) is 29.7 Å². The van der Waals surface area contributed by atoms with Crippen LogP contribution in [0.25, 0.3) is 0 Å². The number of imide groups is 1. The van der Waals surface area contributed by atoms with E-state index in [9.17, 15) is 19.2 Å². The molecule has 0 aromatic heterocycles. The molecule has 0 bridgehead atoms. The predicted octanol–water partition coefficient (Wildman–Crippen LogP) is 4.81. The van der Waals surface area contributed by atoms with Gasteiger partial charge in [0.05, 0.1) is 30.2 Å². The maximum absolute atomic E-state index is 13.4. The Morgan fingerprint density at radius 2 is 1.57 bits per heavy atom. The van der Waals surface area contributed by atoms with Crippen molar-refractivity contribution in [1.29, 1.82) is 0 Å². The average molecular weight is 498 g/mol. The zero-order valence-corrected chi connectivity index (χ0v) is 20.5. The van der Waals surface area contributed by atoms with E-state index in [1.54, 1.807) is 36.4 Å². The molecule has 0 unspecified atom stereocenters. The summed E-state index contributed by atoms with van der Waals surface area (Å²) in [5.41, 5.74) is 2.09. The van der Waals surface area contributed by atoms with Crippen LogP contribution in [0.3, 0.4) is 0 Å². The van der Waals surface area contributed by atoms with Crippen LogP contribution in [0.1, 0.15) is 51.5 Å². The lowest BCUT2D eigenvalue weighted by Gasteiger charge is -2.28. The predicted molar refractivity (Wildman–Crippen MR) is 137 cm³/mol. The molecular formula is C30H27NO6. The Bertz CT molecular complexity index is 1330. The molecule has 3 aromatic carbocycles. The van der Waals surface area contributed by atoms with Gasteiger partial charge in [-0.1, -0.05) is 36.4 Å². The van der Waals surface area contributed by atoms with Crippen LogP contribution in [0.2, 0.25) is 0 Å². The number of ketones is 1. The van der Waals surface area contributed by atoms with Gasteiger partial charge in [-0.05, 0) is 73.2 Å². The van der Waals surface area contributed by atoms with Gasteiger partial charge in [0.15, 0.2) is 12.4 Å². The molecule has 3 aromatic rings. The molecule has 2 fully saturated rings. The molecule has 1 aliphatic heterocycles. The summed E-state index contributed by atoms with van der Waals surface area (Å²) >= 11 is 0. The maximum Gasteiger partial charge on any atom is 0.338 e. The Labute approximate surface area is 215 Å². The van der Waals surface area contributed by atoms with Gasteiger partial charge >= 0.3 is 5.97 Å². The Kier molecular flexibility index (Phi) is 6.86. The number of ether oxygens (including phenoxy) is 2. The van der Waals surface area contributed by atoms with Crippen LogP contribution in [-0.2, 0) is 14.3 Å². The van der Waals surface area contributed by atoms with Gasteiger partial charge in [0.1, 0.15) is 5.75 Å². The summed E-state index contributed by atoms with van der Waals surface area (Å²) in [6.07, 6.45) is 2.14. The number of hydrogen-bond acceptors (Lipinski definition) is 6. The van der Waals surface area contributed by atoms with Crippen LogP contribution in [0.5, 0.6) is 5.75 Å². The summed E-state index contributed by atoms with van der Waals surface area (Å²) in [6, 6.07) is 22.8. The lowest BCUT2D eigenvalue weighted by molar-refractivity contribution is -0.122. The van der Waals surface area contributed by atoms with Gasteiger partial charge in [-0.3, -0.25) is 19.3 Å². The summed E-state index contributed by atoms with van der Waals surface area (Å²) in [6.45, 7) is -0.429. The number of carbonyl (C=O) groups is 4. The molecule has 7 nitrogen and oxygen atoms in total. The monoisotopic (exact) mass is 497 g/mol. The number of anilines is 1. The molecule has 2 aliphatic rings. The summed E-state index contributed by atoms with van der Waals surface area (Å²) in [4.78, 5) is 52.9. The van der Waals surface area contributed by atoms with Crippen molar-refractivity contribution >= 4 is 29.3 Å². The van der Waals surface area contributed by atoms with Crippen molar-refractivity contribution in [3.05, 3.63) is 95.6 Å². The molecular weight excluding hydrogens is 470 g/mol. The third kappa shape index (κ3) is 4.89. The van der Waals surface area contributed by atoms with Crippen molar-refractivity contribution in [2.45, 2.75) is 25.2 Å². The lowest BCUT2D eigenvalue weighted by atomic mass is 9.73. The Hall–Kier alpha value is -4.26. The highest BCUT2D eigenvalue weighted by atomic mass is 16.5. The third-order valence-corrected chi connectivity index (χ3v) is 7.28. The smallest absolute Gasteiger partial charge is 0.338 e. The number of methoxy groups -OCH3 is 1. The van der Waals surface area contributed by atoms with Gasteiger partial charge in [0, 0.05) is 5.56 Å². The quantitative estimate of drug-likeness (QED) is 0.264. The zero-order chi connectivity index (χ0) is 25.9. The molecule has 1 aliphatic carbocycles. The Balaban J connectivity index is 1.26. The molecule has 0 radical (unpaired) electrons. The summed E-state index contributed by atoms with van der Waals surface area (Å²) in [5, 5.41) is 0. The van der Waals surface area contributed by atoms with E-state index in [2.05, 4.69) is 12.1 Å². The molecule has 1 heterocycles. The molecule has 0 spiro atoms. The van der Waals surface area contributed by atoms with Crippen LogP contribution >= 0.6 is 0 Å². The summed E-state index contributed by atoms with van der Waals surface area (Å²) < 4.78 is 10.3. The number of esters is 1. The minimum absolute atomic E-state index is 0.165. The van der Waals surface area contributed by atoms with Crippen molar-refractivity contribution in [2.75, 3.05) is 18.6 Å². The van der Waals surface area contributed by atoms with Gasteiger partial charge in [-0.25, -0.2) is 4.79 Å². The van der Waals surface area contributed by atoms with E-state index < -0.39 is 12.6 Å². The van der Waals surface area contributed by atoms with Crippen LogP contribution in [0, 0.1) is 11.8 Å². The Morgan fingerprint density at radius 1 is 0.838 bits per heavy atom. The minimum atomic E-state index is -0.704. The highest BCUT2D eigenvalue weighted by Crippen LogP contribution is 2.45. The van der Waals surface area contributed by atoms with Gasteiger partial charge in [0.2, 0.25) is 11.8 Å². The SMILES string of the molecule is COc1ccc(C(=O)COC(=O)c2cccc(N3C(=O)[C@H]4C[C@H](c5ccccc5)CC[C@H]4C3=O)c2)cc1. The standard InChI is InChI=1S/C30H27NO6/c1-36-24-13-10-20(11-14-24)27(32)18-37-30(35)22-8-5-9-23(16-22)31-28(33)25-15-12-21(17-26(25)29(31)34)19-6-3-2-4-7-19/h2-11,13-14,16,21,25-26H,12,15,17-18H2,1H3/t21-,25-,26+/m1/s1. The first-order chi connectivity index (χ1) is 18.0. The molecule has 0 N–H and O–H groups in total. The molecule has 3 atom stereocenters. The van der Waals surface area contributed by atoms with Crippen molar-refractivity contribution in [2.24, 2.45) is 11.8 Å². The minimum Gasteiger partial charge on any atom is -0.497 e. The first kappa shape index (κ1) is 24.4. The van der Waals surface area contributed by atoms with Crippen molar-refractivity contribution in [3.63, 3.8) is 0 Å². The van der Waals surface area contributed by atoms with Crippen LogP contribution in [0.4, 0.5) is 5.69 Å². The number of carbonyl (C=O) groups excluding carboxylic acids is 4. The maximum atomic E-state index is 13.4. The zero-order valence-electron chi connectivity index (χ0n) is 20.5. The molecule has 188 valence electrons. The van der Waals surface area contributed by atoms with Crippen molar-refractivity contribution in [1.82, 2.24) is 0 Å². The number of nitrogens with zero attached hydrogens (tertiary/aromatic N) is 1. The van der Waals surface area contributed by atoms with E-state index in [4.69, 9.17) is 9.47 Å². The summed E-state index contributed by atoms with van der Waals surface area (Å²) in [7, 11) is 1.53. The number of hydrogen-bond donors (Lipinski definition) is 0. The van der Waals surface area contributed by atoms with E-state index in [1.807, 2.05) is 18.2 Å². The molecule has 1 saturated heterocycles. The highest BCUT2D eigenvalue weighted by Gasteiger charge is 2.50. The largest absolute Gasteiger partial charge is 0.497 e. The topological polar surface area (TPSA) is 90.0 Å².